The Hall–Kier alpha value is -1.72. The molecule has 27 heavy (non-hydrogen) atoms. The molecule has 0 spiro atoms. The van der Waals surface area contributed by atoms with Crippen LogP contribution in [0, 0.1) is 5.92 Å². The quantitative estimate of drug-likeness (QED) is 0.795. The van der Waals surface area contributed by atoms with E-state index in [4.69, 9.17) is 9.05 Å². The molecular weight excluding hydrogens is 363 g/mol. The number of likely N-dealkylation sites (tertiary alicyclic amines) is 1. The Bertz CT molecular complexity index is 906. The normalized spacial score (nSPS) is 25.6. The fourth-order valence-electron chi connectivity index (χ4n) is 4.84. The summed E-state index contributed by atoms with van der Waals surface area (Å²) >= 11 is 0. The number of nitrogens with zero attached hydrogens (tertiary/aromatic N) is 1. The van der Waals surface area contributed by atoms with Crippen LogP contribution in [0.15, 0.2) is 53.3 Å². The van der Waals surface area contributed by atoms with Crippen molar-refractivity contribution in [3.8, 4) is 0 Å². The lowest BCUT2D eigenvalue weighted by Crippen LogP contribution is -3.14. The number of pyridine rings is 1. The zero-order chi connectivity index (χ0) is 19.0. The van der Waals surface area contributed by atoms with Crippen molar-refractivity contribution in [3.05, 3.63) is 70.1 Å². The lowest BCUT2D eigenvalue weighted by atomic mass is 9.83. The SMILES string of the molecule is COP(=O)(OC)[C@H](c1ccccc1)[NH+]1C[C@@H]2C[C@H](C1)c1cccc(=O)n1C2. The van der Waals surface area contributed by atoms with Crippen molar-refractivity contribution in [1.29, 1.82) is 0 Å². The summed E-state index contributed by atoms with van der Waals surface area (Å²) in [4.78, 5) is 13.5. The van der Waals surface area contributed by atoms with Gasteiger partial charge in [0.25, 0.3) is 5.56 Å². The van der Waals surface area contributed by atoms with Gasteiger partial charge in [0.05, 0.1) is 13.1 Å². The first kappa shape index (κ1) is 18.6. The Balaban J connectivity index is 1.73. The maximum absolute atomic E-state index is 13.4. The van der Waals surface area contributed by atoms with Gasteiger partial charge < -0.3 is 18.5 Å². The van der Waals surface area contributed by atoms with E-state index in [1.54, 1.807) is 6.07 Å². The van der Waals surface area contributed by atoms with E-state index in [1.807, 2.05) is 41.0 Å². The molecule has 144 valence electrons. The van der Waals surface area contributed by atoms with Gasteiger partial charge in [-0.2, -0.15) is 0 Å². The van der Waals surface area contributed by atoms with E-state index in [9.17, 15) is 9.36 Å². The van der Waals surface area contributed by atoms with Crippen molar-refractivity contribution in [3.63, 3.8) is 0 Å². The second-order valence-electron chi connectivity index (χ2n) is 7.48. The molecule has 6 nitrogen and oxygen atoms in total. The molecule has 1 fully saturated rings. The van der Waals surface area contributed by atoms with Crippen LogP contribution in [0.5, 0.6) is 0 Å². The van der Waals surface area contributed by atoms with Crippen molar-refractivity contribution in [2.24, 2.45) is 5.92 Å². The lowest BCUT2D eigenvalue weighted by Gasteiger charge is -2.43. The van der Waals surface area contributed by atoms with Crippen LogP contribution in [0.1, 0.15) is 29.4 Å². The Morgan fingerprint density at radius 1 is 1.07 bits per heavy atom. The minimum Gasteiger partial charge on any atom is -0.318 e. The average Bonchev–Trinajstić information content (AvgIpc) is 2.69. The van der Waals surface area contributed by atoms with E-state index >= 15 is 0 Å². The number of rotatable bonds is 5. The van der Waals surface area contributed by atoms with Gasteiger partial charge in [0.15, 0.2) is 0 Å². The monoisotopic (exact) mass is 389 g/mol. The molecule has 2 aromatic rings. The fraction of sp³-hybridized carbons (Fsp3) is 0.450. The van der Waals surface area contributed by atoms with E-state index in [-0.39, 0.29) is 17.3 Å². The van der Waals surface area contributed by atoms with Gasteiger partial charge in [0.2, 0.25) is 5.78 Å². The molecule has 0 saturated carbocycles. The van der Waals surface area contributed by atoms with E-state index in [0.717, 1.165) is 37.3 Å². The van der Waals surface area contributed by atoms with Crippen LogP contribution in [0.25, 0.3) is 0 Å². The van der Waals surface area contributed by atoms with Gasteiger partial charge in [-0.15, -0.1) is 0 Å². The van der Waals surface area contributed by atoms with Crippen molar-refractivity contribution in [1.82, 2.24) is 4.57 Å². The summed E-state index contributed by atoms with van der Waals surface area (Å²) in [6, 6.07) is 15.4. The number of nitrogens with one attached hydrogen (secondary N) is 1. The molecule has 4 rings (SSSR count). The van der Waals surface area contributed by atoms with Crippen LogP contribution in [0.4, 0.5) is 0 Å². The molecule has 2 aliphatic rings. The molecule has 2 aliphatic heterocycles. The average molecular weight is 389 g/mol. The molecule has 0 radical (unpaired) electrons. The Kier molecular flexibility index (Phi) is 5.08. The van der Waals surface area contributed by atoms with E-state index in [0.29, 0.717) is 5.92 Å². The van der Waals surface area contributed by atoms with Crippen LogP contribution >= 0.6 is 7.60 Å². The predicted molar refractivity (Wildman–Crippen MR) is 103 cm³/mol. The number of fused-ring (bicyclic) bond motifs is 4. The molecule has 0 amide bonds. The van der Waals surface area contributed by atoms with Gasteiger partial charge in [-0.3, -0.25) is 9.36 Å². The van der Waals surface area contributed by atoms with Crippen molar-refractivity contribution >= 4 is 7.60 Å². The molecule has 2 bridgehead atoms. The molecule has 4 atom stereocenters. The predicted octanol–water partition coefficient (Wildman–Crippen LogP) is 2.03. The molecule has 1 unspecified atom stereocenters. The molecule has 0 aliphatic carbocycles. The minimum atomic E-state index is -3.32. The van der Waals surface area contributed by atoms with Crippen LogP contribution < -0.4 is 10.5 Å². The zero-order valence-corrected chi connectivity index (χ0v) is 16.6. The molecule has 1 saturated heterocycles. The second-order valence-corrected chi connectivity index (χ2v) is 9.81. The van der Waals surface area contributed by atoms with Crippen molar-refractivity contribution in [2.45, 2.75) is 24.7 Å². The standard InChI is InChI=1S/C20H25N2O4P/c1-25-27(24,26-2)20(16-7-4-3-5-8-16)21-12-15-11-17(14-21)18-9-6-10-19(23)22(18)13-15/h3-10,15,17,20H,11-14H2,1-2H3/p+1/t15-,17+,20+/m0/s1. The van der Waals surface area contributed by atoms with Gasteiger partial charge in [0, 0.05) is 49.9 Å². The molecule has 1 N–H and O–H groups in total. The highest BCUT2D eigenvalue weighted by molar-refractivity contribution is 7.53. The summed E-state index contributed by atoms with van der Waals surface area (Å²) in [7, 11) is -0.405. The first-order valence-corrected chi connectivity index (χ1v) is 11.0. The summed E-state index contributed by atoms with van der Waals surface area (Å²) in [6.07, 6.45) is 1.07. The maximum Gasteiger partial charge on any atom is 0.391 e. The Morgan fingerprint density at radius 2 is 1.81 bits per heavy atom. The van der Waals surface area contributed by atoms with Crippen LogP contribution in [-0.2, 0) is 20.2 Å². The first-order chi connectivity index (χ1) is 13.1. The number of hydrogen-bond acceptors (Lipinski definition) is 4. The molecule has 1 aromatic heterocycles. The first-order valence-electron chi connectivity index (χ1n) is 9.36. The summed E-state index contributed by atoms with van der Waals surface area (Å²) in [5.41, 5.74) is 2.13. The summed E-state index contributed by atoms with van der Waals surface area (Å²) in [5, 5.41) is 0. The van der Waals surface area contributed by atoms with Crippen LogP contribution in [0.2, 0.25) is 0 Å². The van der Waals surface area contributed by atoms with Gasteiger partial charge in [-0.05, 0) is 12.5 Å². The molecule has 7 heteroatoms. The number of quaternary nitrogens is 1. The third kappa shape index (κ3) is 3.32. The van der Waals surface area contributed by atoms with Crippen molar-refractivity contribution < 1.29 is 18.5 Å². The molecule has 1 aromatic carbocycles. The highest BCUT2D eigenvalue weighted by Gasteiger charge is 2.48. The zero-order valence-electron chi connectivity index (χ0n) is 15.7. The number of hydrogen-bond donors (Lipinski definition) is 1. The maximum atomic E-state index is 13.4. The van der Waals surface area contributed by atoms with Gasteiger partial charge >= 0.3 is 7.60 Å². The highest BCUT2D eigenvalue weighted by Crippen LogP contribution is 2.57. The number of piperidine rings is 1. The van der Waals surface area contributed by atoms with E-state index in [2.05, 4.69) is 6.07 Å². The fourth-order valence-corrected chi connectivity index (χ4v) is 6.60. The third-order valence-corrected chi connectivity index (χ3v) is 8.26. The summed E-state index contributed by atoms with van der Waals surface area (Å²) < 4.78 is 26.2. The number of aromatic nitrogens is 1. The van der Waals surface area contributed by atoms with E-state index in [1.165, 1.54) is 19.1 Å². The third-order valence-electron chi connectivity index (χ3n) is 5.95. The number of benzene rings is 1. The topological polar surface area (TPSA) is 62.0 Å². The minimum absolute atomic E-state index is 0.0738. The largest absolute Gasteiger partial charge is 0.391 e. The summed E-state index contributed by atoms with van der Waals surface area (Å²) in [5.74, 6) is 0.274. The van der Waals surface area contributed by atoms with Crippen LogP contribution in [-0.4, -0.2) is 31.9 Å². The smallest absolute Gasteiger partial charge is 0.318 e. The lowest BCUT2D eigenvalue weighted by molar-refractivity contribution is -0.929. The molecule has 3 heterocycles. The van der Waals surface area contributed by atoms with Gasteiger partial charge in [-0.1, -0.05) is 36.4 Å². The second kappa shape index (κ2) is 7.36. The van der Waals surface area contributed by atoms with E-state index < -0.39 is 7.60 Å². The Morgan fingerprint density at radius 3 is 2.52 bits per heavy atom. The molecular formula is C20H26N2O4P+. The highest BCUT2D eigenvalue weighted by atomic mass is 31.2. The van der Waals surface area contributed by atoms with Crippen molar-refractivity contribution in [2.75, 3.05) is 27.3 Å². The summed E-state index contributed by atoms with van der Waals surface area (Å²) in [6.45, 7) is 2.37. The van der Waals surface area contributed by atoms with Crippen LogP contribution in [0.3, 0.4) is 0 Å². The van der Waals surface area contributed by atoms with Gasteiger partial charge in [-0.25, -0.2) is 0 Å². The Labute approximate surface area is 159 Å². The van der Waals surface area contributed by atoms with Gasteiger partial charge in [0.1, 0.15) is 0 Å².